The maximum atomic E-state index is 11.4. The quantitative estimate of drug-likeness (QED) is 0.381. The number of esters is 1. The Hall–Kier alpha value is -1.06. The average Bonchev–Trinajstić information content (AvgIpc) is 2.25. The van der Waals surface area contributed by atoms with Crippen molar-refractivity contribution >= 4 is 12.4 Å². The molecule has 4 nitrogen and oxygen atoms in total. The Morgan fingerprint density at radius 3 is 2.57 bits per heavy atom. The summed E-state index contributed by atoms with van der Waals surface area (Å²) >= 11 is 0. The highest BCUT2D eigenvalue weighted by Crippen LogP contribution is 2.24. The van der Waals surface area contributed by atoms with Crippen LogP contribution in [0.2, 0.25) is 0 Å². The third-order valence-corrected chi connectivity index (χ3v) is 2.45. The number of hydrogen-bond donors (Lipinski definition) is 0. The molecule has 80 valence electrons. The first-order valence-electron chi connectivity index (χ1n) is 5.06. The molecule has 0 spiro atoms. The van der Waals surface area contributed by atoms with Gasteiger partial charge in [0, 0.05) is 0 Å². The topological polar surface area (TPSA) is 52.6 Å². The van der Waals surface area contributed by atoms with Crippen LogP contribution in [0.25, 0.3) is 0 Å². The smallest absolute Gasteiger partial charge is 0.309 e. The van der Waals surface area contributed by atoms with Crippen molar-refractivity contribution in [2.75, 3.05) is 13.2 Å². The molecular weight excluding hydrogens is 184 g/mol. The van der Waals surface area contributed by atoms with E-state index in [4.69, 9.17) is 4.74 Å². The number of hydrogen-bond acceptors (Lipinski definition) is 4. The van der Waals surface area contributed by atoms with Gasteiger partial charge in [-0.3, -0.25) is 9.59 Å². The van der Waals surface area contributed by atoms with Gasteiger partial charge in [-0.15, -0.1) is 0 Å². The minimum atomic E-state index is -0.140. The van der Waals surface area contributed by atoms with Gasteiger partial charge in [0.1, 0.15) is 13.2 Å². The highest BCUT2D eigenvalue weighted by atomic mass is 16.6. The minimum absolute atomic E-state index is 0.0694. The SMILES string of the molecule is O=COCCOC(=O)C1CCCCC1. The van der Waals surface area contributed by atoms with E-state index in [1.54, 1.807) is 0 Å². The van der Waals surface area contributed by atoms with E-state index in [0.29, 0.717) is 6.47 Å². The van der Waals surface area contributed by atoms with Crippen LogP contribution in [0.5, 0.6) is 0 Å². The van der Waals surface area contributed by atoms with Crippen LogP contribution in [0.4, 0.5) is 0 Å². The zero-order chi connectivity index (χ0) is 10.2. The van der Waals surface area contributed by atoms with Crippen molar-refractivity contribution in [1.29, 1.82) is 0 Å². The van der Waals surface area contributed by atoms with E-state index in [1.807, 2.05) is 0 Å². The fourth-order valence-electron chi connectivity index (χ4n) is 1.69. The van der Waals surface area contributed by atoms with Crippen molar-refractivity contribution in [2.45, 2.75) is 32.1 Å². The first-order chi connectivity index (χ1) is 6.84. The number of carbonyl (C=O) groups is 2. The van der Waals surface area contributed by atoms with Crippen LogP contribution in [-0.2, 0) is 19.1 Å². The molecule has 0 aliphatic heterocycles. The molecule has 1 aliphatic rings. The summed E-state index contributed by atoms with van der Waals surface area (Å²) in [5.74, 6) is -0.0702. The Kier molecular flexibility index (Phi) is 5.04. The van der Waals surface area contributed by atoms with E-state index < -0.39 is 0 Å². The Balaban J connectivity index is 2.10. The molecule has 14 heavy (non-hydrogen) atoms. The highest BCUT2D eigenvalue weighted by molar-refractivity contribution is 5.72. The number of carbonyl (C=O) groups excluding carboxylic acids is 2. The van der Waals surface area contributed by atoms with Crippen molar-refractivity contribution in [3.63, 3.8) is 0 Å². The van der Waals surface area contributed by atoms with E-state index in [1.165, 1.54) is 6.42 Å². The third-order valence-electron chi connectivity index (χ3n) is 2.45. The summed E-state index contributed by atoms with van der Waals surface area (Å²) in [4.78, 5) is 21.2. The van der Waals surface area contributed by atoms with Gasteiger partial charge in [0.05, 0.1) is 5.92 Å². The molecule has 0 aromatic rings. The van der Waals surface area contributed by atoms with Crippen molar-refractivity contribution in [1.82, 2.24) is 0 Å². The van der Waals surface area contributed by atoms with E-state index in [2.05, 4.69) is 4.74 Å². The molecule has 0 bridgehead atoms. The van der Waals surface area contributed by atoms with E-state index in [0.717, 1.165) is 25.7 Å². The molecule has 0 atom stereocenters. The van der Waals surface area contributed by atoms with Crippen LogP contribution < -0.4 is 0 Å². The summed E-state index contributed by atoms with van der Waals surface area (Å²) in [7, 11) is 0. The average molecular weight is 200 g/mol. The molecular formula is C10H16O4. The molecule has 0 aromatic carbocycles. The second kappa shape index (κ2) is 6.40. The summed E-state index contributed by atoms with van der Waals surface area (Å²) in [5, 5.41) is 0. The summed E-state index contributed by atoms with van der Waals surface area (Å²) in [5.41, 5.74) is 0. The zero-order valence-electron chi connectivity index (χ0n) is 8.24. The van der Waals surface area contributed by atoms with Crippen LogP contribution in [0.3, 0.4) is 0 Å². The predicted molar refractivity (Wildman–Crippen MR) is 49.6 cm³/mol. The molecule has 0 radical (unpaired) electrons. The van der Waals surface area contributed by atoms with E-state index >= 15 is 0 Å². The monoisotopic (exact) mass is 200 g/mol. The summed E-state index contributed by atoms with van der Waals surface area (Å²) in [6.07, 6.45) is 5.33. The van der Waals surface area contributed by atoms with Crippen molar-refractivity contribution in [2.24, 2.45) is 5.92 Å². The van der Waals surface area contributed by atoms with Gasteiger partial charge in [-0.05, 0) is 12.8 Å². The van der Waals surface area contributed by atoms with Crippen LogP contribution >= 0.6 is 0 Å². The first-order valence-corrected chi connectivity index (χ1v) is 5.06. The maximum absolute atomic E-state index is 11.4. The van der Waals surface area contributed by atoms with Gasteiger partial charge >= 0.3 is 5.97 Å². The Morgan fingerprint density at radius 2 is 1.93 bits per heavy atom. The second-order valence-corrected chi connectivity index (χ2v) is 3.47. The van der Waals surface area contributed by atoms with Crippen LogP contribution in [-0.4, -0.2) is 25.7 Å². The molecule has 0 aromatic heterocycles. The predicted octanol–water partition coefficient (Wildman–Crippen LogP) is 1.28. The van der Waals surface area contributed by atoms with Gasteiger partial charge in [0.25, 0.3) is 6.47 Å². The van der Waals surface area contributed by atoms with E-state index in [-0.39, 0.29) is 25.1 Å². The standard InChI is InChI=1S/C10H16O4/c11-8-13-6-7-14-10(12)9-4-2-1-3-5-9/h8-9H,1-7H2. The second-order valence-electron chi connectivity index (χ2n) is 3.47. The van der Waals surface area contributed by atoms with Crippen LogP contribution in [0, 0.1) is 5.92 Å². The lowest BCUT2D eigenvalue weighted by Crippen LogP contribution is -2.21. The van der Waals surface area contributed by atoms with Gasteiger partial charge < -0.3 is 9.47 Å². The Morgan fingerprint density at radius 1 is 1.21 bits per heavy atom. The lowest BCUT2D eigenvalue weighted by molar-refractivity contribution is -0.152. The molecule has 1 rings (SSSR count). The molecule has 0 N–H and O–H groups in total. The Labute approximate surface area is 83.6 Å². The molecule has 1 fully saturated rings. The third kappa shape index (κ3) is 3.77. The van der Waals surface area contributed by atoms with Crippen LogP contribution in [0.15, 0.2) is 0 Å². The Bertz CT molecular complexity index is 185. The summed E-state index contributed by atoms with van der Waals surface area (Å²) < 4.78 is 9.37. The first kappa shape index (κ1) is 11.0. The minimum Gasteiger partial charge on any atom is -0.464 e. The molecule has 0 unspecified atom stereocenters. The molecule has 0 heterocycles. The number of ether oxygens (including phenoxy) is 2. The fraction of sp³-hybridized carbons (Fsp3) is 0.800. The lowest BCUT2D eigenvalue weighted by atomic mass is 9.89. The van der Waals surface area contributed by atoms with Gasteiger partial charge in [-0.2, -0.15) is 0 Å². The molecule has 0 amide bonds. The van der Waals surface area contributed by atoms with Crippen molar-refractivity contribution in [3.05, 3.63) is 0 Å². The summed E-state index contributed by atoms with van der Waals surface area (Å²) in [6, 6.07) is 0. The lowest BCUT2D eigenvalue weighted by Gasteiger charge is -2.19. The van der Waals surface area contributed by atoms with Crippen LogP contribution in [0.1, 0.15) is 32.1 Å². The zero-order valence-corrected chi connectivity index (χ0v) is 8.24. The molecule has 4 heteroatoms. The van der Waals surface area contributed by atoms with E-state index in [9.17, 15) is 9.59 Å². The molecule has 0 saturated heterocycles. The highest BCUT2D eigenvalue weighted by Gasteiger charge is 2.21. The van der Waals surface area contributed by atoms with Crippen molar-refractivity contribution < 1.29 is 19.1 Å². The summed E-state index contributed by atoms with van der Waals surface area (Å²) in [6.45, 7) is 0.685. The molecule has 1 saturated carbocycles. The van der Waals surface area contributed by atoms with Gasteiger partial charge in [0.2, 0.25) is 0 Å². The fourth-order valence-corrected chi connectivity index (χ4v) is 1.69. The largest absolute Gasteiger partial charge is 0.464 e. The van der Waals surface area contributed by atoms with Gasteiger partial charge in [0.15, 0.2) is 0 Å². The maximum Gasteiger partial charge on any atom is 0.309 e. The normalized spacial score (nSPS) is 17.4. The molecule has 1 aliphatic carbocycles. The van der Waals surface area contributed by atoms with Gasteiger partial charge in [-0.1, -0.05) is 19.3 Å². The van der Waals surface area contributed by atoms with Crippen molar-refractivity contribution in [3.8, 4) is 0 Å². The number of rotatable bonds is 5. The van der Waals surface area contributed by atoms with Gasteiger partial charge in [-0.25, -0.2) is 0 Å².